The molecule has 4 heteroatoms. The standard InChI is InChI=1S/C9H17NO3/c1-8(2)9(11)13-7-6-12-5-3-4-10/h1,3-7,10H2,2H3. The third-order valence-corrected chi connectivity index (χ3v) is 1.30. The molecular formula is C9H17NO3. The molecule has 13 heavy (non-hydrogen) atoms. The van der Waals surface area contributed by atoms with Crippen LogP contribution in [-0.2, 0) is 14.3 Å². The zero-order valence-electron chi connectivity index (χ0n) is 8.04. The Hall–Kier alpha value is -0.870. The number of carbonyl (C=O) groups is 1. The predicted octanol–water partition coefficient (Wildman–Crippen LogP) is 0.471. The van der Waals surface area contributed by atoms with Crippen molar-refractivity contribution in [2.24, 2.45) is 5.73 Å². The van der Waals surface area contributed by atoms with Crippen molar-refractivity contribution in [3.05, 3.63) is 12.2 Å². The third kappa shape index (κ3) is 7.49. The van der Waals surface area contributed by atoms with E-state index >= 15 is 0 Å². The zero-order valence-corrected chi connectivity index (χ0v) is 8.04. The summed E-state index contributed by atoms with van der Waals surface area (Å²) in [7, 11) is 0. The van der Waals surface area contributed by atoms with E-state index in [0.29, 0.717) is 25.3 Å². The van der Waals surface area contributed by atoms with Crippen LogP contribution in [0.4, 0.5) is 0 Å². The van der Waals surface area contributed by atoms with Crippen molar-refractivity contribution in [1.82, 2.24) is 0 Å². The van der Waals surface area contributed by atoms with Crippen molar-refractivity contribution in [3.63, 3.8) is 0 Å². The first kappa shape index (κ1) is 12.1. The summed E-state index contributed by atoms with van der Waals surface area (Å²) in [6, 6.07) is 0. The van der Waals surface area contributed by atoms with Crippen LogP contribution in [0.1, 0.15) is 13.3 Å². The highest BCUT2D eigenvalue weighted by molar-refractivity contribution is 5.86. The van der Waals surface area contributed by atoms with E-state index in [1.54, 1.807) is 6.92 Å². The molecule has 0 amide bonds. The van der Waals surface area contributed by atoms with Gasteiger partial charge in [-0.15, -0.1) is 0 Å². The van der Waals surface area contributed by atoms with Crippen LogP contribution >= 0.6 is 0 Å². The molecule has 0 heterocycles. The smallest absolute Gasteiger partial charge is 0.333 e. The number of esters is 1. The molecule has 0 unspecified atom stereocenters. The molecule has 0 radical (unpaired) electrons. The summed E-state index contributed by atoms with van der Waals surface area (Å²) in [6.45, 7) is 6.98. The van der Waals surface area contributed by atoms with Crippen LogP contribution < -0.4 is 5.73 Å². The Labute approximate surface area is 78.7 Å². The summed E-state index contributed by atoms with van der Waals surface area (Å²) in [5, 5.41) is 0. The first-order valence-corrected chi connectivity index (χ1v) is 4.29. The fraction of sp³-hybridized carbons (Fsp3) is 0.667. The Bertz CT molecular complexity index is 168. The first-order valence-electron chi connectivity index (χ1n) is 4.29. The molecule has 0 rings (SSSR count). The summed E-state index contributed by atoms with van der Waals surface area (Å²) in [4.78, 5) is 10.8. The maximum Gasteiger partial charge on any atom is 0.333 e. The van der Waals surface area contributed by atoms with Crippen molar-refractivity contribution in [2.75, 3.05) is 26.4 Å². The van der Waals surface area contributed by atoms with Crippen LogP contribution in [0, 0.1) is 0 Å². The van der Waals surface area contributed by atoms with Gasteiger partial charge in [0.1, 0.15) is 6.61 Å². The van der Waals surface area contributed by atoms with Gasteiger partial charge >= 0.3 is 5.97 Å². The Morgan fingerprint density at radius 2 is 2.08 bits per heavy atom. The van der Waals surface area contributed by atoms with E-state index in [9.17, 15) is 4.79 Å². The summed E-state index contributed by atoms with van der Waals surface area (Å²) in [5.41, 5.74) is 5.66. The van der Waals surface area contributed by atoms with E-state index in [2.05, 4.69) is 6.58 Å². The molecule has 0 aliphatic heterocycles. The van der Waals surface area contributed by atoms with E-state index in [-0.39, 0.29) is 12.6 Å². The number of ether oxygens (including phenoxy) is 2. The predicted molar refractivity (Wildman–Crippen MR) is 50.3 cm³/mol. The first-order chi connectivity index (χ1) is 6.18. The highest BCUT2D eigenvalue weighted by atomic mass is 16.6. The largest absolute Gasteiger partial charge is 0.460 e. The second-order valence-corrected chi connectivity index (χ2v) is 2.67. The Morgan fingerprint density at radius 1 is 1.38 bits per heavy atom. The van der Waals surface area contributed by atoms with E-state index in [1.165, 1.54) is 0 Å². The van der Waals surface area contributed by atoms with Crippen molar-refractivity contribution >= 4 is 5.97 Å². The Kier molecular flexibility index (Phi) is 7.24. The molecule has 76 valence electrons. The molecule has 0 aromatic carbocycles. The molecular weight excluding hydrogens is 170 g/mol. The van der Waals surface area contributed by atoms with Crippen molar-refractivity contribution in [1.29, 1.82) is 0 Å². The highest BCUT2D eigenvalue weighted by Gasteiger charge is 2.01. The summed E-state index contributed by atoms with van der Waals surface area (Å²) < 4.78 is 9.91. The summed E-state index contributed by atoms with van der Waals surface area (Å²) >= 11 is 0. The van der Waals surface area contributed by atoms with Gasteiger partial charge < -0.3 is 15.2 Å². The number of hydrogen-bond acceptors (Lipinski definition) is 4. The van der Waals surface area contributed by atoms with Crippen molar-refractivity contribution in [3.8, 4) is 0 Å². The molecule has 0 aliphatic carbocycles. The van der Waals surface area contributed by atoms with E-state index in [0.717, 1.165) is 6.42 Å². The average molecular weight is 187 g/mol. The van der Waals surface area contributed by atoms with Crippen LogP contribution in [-0.4, -0.2) is 32.3 Å². The molecule has 0 saturated heterocycles. The molecule has 0 fully saturated rings. The number of rotatable bonds is 7. The average Bonchev–Trinajstić information content (AvgIpc) is 2.10. The van der Waals surface area contributed by atoms with Gasteiger partial charge in [-0.1, -0.05) is 6.58 Å². The molecule has 0 spiro atoms. The normalized spacial score (nSPS) is 9.69. The molecule has 2 N–H and O–H groups in total. The Balaban J connectivity index is 3.16. The Morgan fingerprint density at radius 3 is 2.62 bits per heavy atom. The number of hydrogen-bond donors (Lipinski definition) is 1. The summed E-state index contributed by atoms with van der Waals surface area (Å²) in [5.74, 6) is -0.373. The van der Waals surface area contributed by atoms with Gasteiger partial charge in [-0.05, 0) is 19.9 Å². The van der Waals surface area contributed by atoms with Crippen LogP contribution in [0.25, 0.3) is 0 Å². The van der Waals surface area contributed by atoms with Crippen molar-refractivity contribution < 1.29 is 14.3 Å². The second kappa shape index (κ2) is 7.76. The van der Waals surface area contributed by atoms with Gasteiger partial charge in [0, 0.05) is 12.2 Å². The molecule has 0 atom stereocenters. The summed E-state index contributed by atoms with van der Waals surface area (Å²) in [6.07, 6.45) is 0.828. The fourth-order valence-electron chi connectivity index (χ4n) is 0.604. The lowest BCUT2D eigenvalue weighted by atomic mass is 10.4. The maximum absolute atomic E-state index is 10.8. The number of carbonyl (C=O) groups excluding carboxylic acids is 1. The lowest BCUT2D eigenvalue weighted by Gasteiger charge is -2.04. The third-order valence-electron chi connectivity index (χ3n) is 1.30. The molecule has 0 aliphatic rings. The number of nitrogens with two attached hydrogens (primary N) is 1. The van der Waals surface area contributed by atoms with Crippen molar-refractivity contribution in [2.45, 2.75) is 13.3 Å². The molecule has 0 bridgehead atoms. The molecule has 0 aromatic heterocycles. The van der Waals surface area contributed by atoms with Gasteiger partial charge in [0.15, 0.2) is 0 Å². The molecule has 4 nitrogen and oxygen atoms in total. The zero-order chi connectivity index (χ0) is 10.1. The highest BCUT2D eigenvalue weighted by Crippen LogP contribution is 1.91. The van der Waals surface area contributed by atoms with Crippen LogP contribution in [0.15, 0.2) is 12.2 Å². The van der Waals surface area contributed by atoms with Crippen LogP contribution in [0.5, 0.6) is 0 Å². The van der Waals surface area contributed by atoms with E-state index < -0.39 is 0 Å². The van der Waals surface area contributed by atoms with Gasteiger partial charge in [-0.2, -0.15) is 0 Å². The minimum atomic E-state index is -0.373. The quantitative estimate of drug-likeness (QED) is 0.357. The maximum atomic E-state index is 10.8. The topological polar surface area (TPSA) is 61.5 Å². The SMILES string of the molecule is C=C(C)C(=O)OCCOCCCN. The molecule has 0 aromatic rings. The van der Waals surface area contributed by atoms with Crippen LogP contribution in [0.2, 0.25) is 0 Å². The minimum absolute atomic E-state index is 0.274. The van der Waals surface area contributed by atoms with E-state index in [1.807, 2.05) is 0 Å². The molecule has 0 saturated carbocycles. The second-order valence-electron chi connectivity index (χ2n) is 2.67. The fourth-order valence-corrected chi connectivity index (χ4v) is 0.604. The lowest BCUT2D eigenvalue weighted by Crippen LogP contribution is -2.12. The van der Waals surface area contributed by atoms with E-state index in [4.69, 9.17) is 15.2 Å². The lowest BCUT2D eigenvalue weighted by molar-refractivity contribution is -0.140. The monoisotopic (exact) mass is 187 g/mol. The van der Waals surface area contributed by atoms with Crippen LogP contribution in [0.3, 0.4) is 0 Å². The minimum Gasteiger partial charge on any atom is -0.460 e. The van der Waals surface area contributed by atoms with Gasteiger partial charge in [0.2, 0.25) is 0 Å². The van der Waals surface area contributed by atoms with Gasteiger partial charge in [-0.25, -0.2) is 4.79 Å². The van der Waals surface area contributed by atoms with Gasteiger partial charge in [0.25, 0.3) is 0 Å². The van der Waals surface area contributed by atoms with Gasteiger partial charge in [-0.3, -0.25) is 0 Å². The van der Waals surface area contributed by atoms with Gasteiger partial charge in [0.05, 0.1) is 6.61 Å².